The first-order valence-electron chi connectivity index (χ1n) is 5.84. The van der Waals surface area contributed by atoms with E-state index in [-0.39, 0.29) is 23.7 Å². The average molecular weight is 252 g/mol. The fourth-order valence-corrected chi connectivity index (χ4v) is 2.23. The molecule has 1 amide bonds. The zero-order valence-corrected chi connectivity index (χ0v) is 10.5. The smallest absolute Gasteiger partial charge is 0.325 e. The molecule has 0 aliphatic carbocycles. The number of carbonyl (C=O) groups is 2. The molecular formula is C11H16N4O3. The number of carbonyl (C=O) groups excluding carboxylic acids is 1. The topological polar surface area (TPSA) is 88.3 Å². The van der Waals surface area contributed by atoms with E-state index < -0.39 is 5.97 Å². The second-order valence-electron chi connectivity index (χ2n) is 5.07. The maximum atomic E-state index is 12.2. The van der Waals surface area contributed by atoms with Crippen LogP contribution in [0.2, 0.25) is 0 Å². The van der Waals surface area contributed by atoms with Gasteiger partial charge in [-0.25, -0.2) is 4.68 Å². The average Bonchev–Trinajstić information content (AvgIpc) is 2.83. The lowest BCUT2D eigenvalue weighted by Gasteiger charge is -2.30. The highest BCUT2D eigenvalue weighted by atomic mass is 16.4. The first-order valence-corrected chi connectivity index (χ1v) is 5.84. The fraction of sp³-hybridized carbons (Fsp3) is 0.636. The molecule has 1 aromatic heterocycles. The van der Waals surface area contributed by atoms with E-state index in [0.29, 0.717) is 6.54 Å². The summed E-state index contributed by atoms with van der Waals surface area (Å²) < 4.78 is 1.15. The highest BCUT2D eigenvalue weighted by Crippen LogP contribution is 2.29. The van der Waals surface area contributed by atoms with Crippen molar-refractivity contribution in [1.29, 1.82) is 0 Å². The number of nitrogens with zero attached hydrogens (tertiary/aromatic N) is 4. The molecule has 0 spiro atoms. The minimum absolute atomic E-state index is 0.173. The Morgan fingerprint density at radius 1 is 1.50 bits per heavy atom. The molecule has 98 valence electrons. The highest BCUT2D eigenvalue weighted by molar-refractivity contribution is 5.92. The number of aromatic nitrogens is 3. The fourth-order valence-electron chi connectivity index (χ4n) is 2.23. The van der Waals surface area contributed by atoms with Gasteiger partial charge < -0.3 is 10.0 Å². The molecule has 0 radical (unpaired) electrons. The van der Waals surface area contributed by atoms with Gasteiger partial charge in [0.15, 0.2) is 5.69 Å². The number of likely N-dealkylation sites (tertiary alicyclic amines) is 1. The molecule has 0 bridgehead atoms. The Bertz CT molecular complexity index is 480. The van der Waals surface area contributed by atoms with Crippen LogP contribution in [0.15, 0.2) is 6.20 Å². The minimum Gasteiger partial charge on any atom is -0.480 e. The Morgan fingerprint density at radius 2 is 2.22 bits per heavy atom. The van der Waals surface area contributed by atoms with Crippen molar-refractivity contribution in [2.24, 2.45) is 0 Å². The van der Waals surface area contributed by atoms with Crippen molar-refractivity contribution in [2.75, 3.05) is 6.54 Å². The second-order valence-corrected chi connectivity index (χ2v) is 5.07. The zero-order chi connectivity index (χ0) is 13.3. The quantitative estimate of drug-likeness (QED) is 0.840. The van der Waals surface area contributed by atoms with Crippen LogP contribution in [0.5, 0.6) is 0 Å². The van der Waals surface area contributed by atoms with E-state index in [2.05, 4.69) is 10.3 Å². The summed E-state index contributed by atoms with van der Waals surface area (Å²) in [6.45, 7) is 4.44. The summed E-state index contributed by atoms with van der Waals surface area (Å²) in [6, 6.07) is 0. The van der Waals surface area contributed by atoms with Crippen molar-refractivity contribution < 1.29 is 14.7 Å². The van der Waals surface area contributed by atoms with Crippen molar-refractivity contribution in [3.63, 3.8) is 0 Å². The maximum absolute atomic E-state index is 12.2. The minimum atomic E-state index is -1.01. The van der Waals surface area contributed by atoms with Crippen LogP contribution in [0.4, 0.5) is 0 Å². The first-order chi connectivity index (χ1) is 8.40. The SMILES string of the molecule is CC1(C)CCCN1C(=O)c1cn(CC(=O)O)nn1. The van der Waals surface area contributed by atoms with Gasteiger partial charge in [0.1, 0.15) is 6.54 Å². The Balaban J connectivity index is 2.14. The molecule has 1 aromatic rings. The van der Waals surface area contributed by atoms with Crippen LogP contribution in [0.3, 0.4) is 0 Å². The van der Waals surface area contributed by atoms with Crippen LogP contribution in [0.25, 0.3) is 0 Å². The van der Waals surface area contributed by atoms with Gasteiger partial charge in [-0.3, -0.25) is 9.59 Å². The van der Waals surface area contributed by atoms with Crippen molar-refractivity contribution >= 4 is 11.9 Å². The van der Waals surface area contributed by atoms with Gasteiger partial charge in [-0.15, -0.1) is 5.10 Å². The molecule has 0 saturated carbocycles. The van der Waals surface area contributed by atoms with Gasteiger partial charge >= 0.3 is 5.97 Å². The van der Waals surface area contributed by atoms with Gasteiger partial charge in [0, 0.05) is 12.1 Å². The van der Waals surface area contributed by atoms with Crippen LogP contribution >= 0.6 is 0 Å². The van der Waals surface area contributed by atoms with Gasteiger partial charge in [-0.05, 0) is 26.7 Å². The maximum Gasteiger partial charge on any atom is 0.325 e. The largest absolute Gasteiger partial charge is 0.480 e. The molecule has 7 nitrogen and oxygen atoms in total. The number of amides is 1. The first kappa shape index (κ1) is 12.5. The Hall–Kier alpha value is -1.92. The number of carboxylic acid groups (broad SMARTS) is 1. The molecule has 18 heavy (non-hydrogen) atoms. The summed E-state index contributed by atoms with van der Waals surface area (Å²) in [5.41, 5.74) is 0.0273. The molecule has 0 aromatic carbocycles. The zero-order valence-electron chi connectivity index (χ0n) is 10.5. The molecule has 1 aliphatic heterocycles. The monoisotopic (exact) mass is 252 g/mol. The van der Waals surface area contributed by atoms with E-state index in [0.717, 1.165) is 17.5 Å². The number of hydrogen-bond donors (Lipinski definition) is 1. The third-order valence-electron chi connectivity index (χ3n) is 3.20. The van der Waals surface area contributed by atoms with E-state index in [1.807, 2.05) is 13.8 Å². The Morgan fingerprint density at radius 3 is 2.78 bits per heavy atom. The van der Waals surface area contributed by atoms with Crippen molar-refractivity contribution in [3.05, 3.63) is 11.9 Å². The molecule has 0 atom stereocenters. The predicted octanol–water partition coefficient (Wildman–Crippen LogP) is 0.377. The van der Waals surface area contributed by atoms with E-state index in [1.165, 1.54) is 6.20 Å². The molecule has 2 heterocycles. The molecule has 1 fully saturated rings. The summed E-state index contributed by atoms with van der Waals surface area (Å²) in [6.07, 6.45) is 3.31. The van der Waals surface area contributed by atoms with Crippen LogP contribution in [0.1, 0.15) is 37.2 Å². The van der Waals surface area contributed by atoms with E-state index in [9.17, 15) is 9.59 Å². The van der Waals surface area contributed by atoms with Crippen molar-refractivity contribution in [2.45, 2.75) is 38.8 Å². The van der Waals surface area contributed by atoms with E-state index in [4.69, 9.17) is 5.11 Å². The summed E-state index contributed by atoms with van der Waals surface area (Å²) in [5, 5.41) is 16.0. The lowest BCUT2D eigenvalue weighted by molar-refractivity contribution is -0.137. The number of carboxylic acids is 1. The molecule has 7 heteroatoms. The third kappa shape index (κ3) is 2.34. The molecular weight excluding hydrogens is 236 g/mol. The Kier molecular flexibility index (Phi) is 3.06. The predicted molar refractivity (Wildman–Crippen MR) is 62.0 cm³/mol. The highest BCUT2D eigenvalue weighted by Gasteiger charge is 2.36. The number of aliphatic carboxylic acids is 1. The summed E-state index contributed by atoms with van der Waals surface area (Å²) in [5.74, 6) is -1.20. The van der Waals surface area contributed by atoms with E-state index in [1.54, 1.807) is 4.90 Å². The molecule has 0 unspecified atom stereocenters. The number of rotatable bonds is 3. The molecule has 1 aliphatic rings. The van der Waals surface area contributed by atoms with Crippen molar-refractivity contribution in [3.8, 4) is 0 Å². The summed E-state index contributed by atoms with van der Waals surface area (Å²) >= 11 is 0. The number of hydrogen-bond acceptors (Lipinski definition) is 4. The van der Waals surface area contributed by atoms with Gasteiger partial charge in [0.25, 0.3) is 5.91 Å². The summed E-state index contributed by atoms with van der Waals surface area (Å²) in [4.78, 5) is 24.5. The Labute approximate surface area is 104 Å². The standard InChI is InChI=1S/C11H16N4O3/c1-11(2)4-3-5-15(11)10(18)8-6-14(13-12-8)7-9(16)17/h6H,3-5,7H2,1-2H3,(H,16,17). The van der Waals surface area contributed by atoms with Gasteiger partial charge in [-0.2, -0.15) is 0 Å². The van der Waals surface area contributed by atoms with Crippen molar-refractivity contribution in [1.82, 2.24) is 19.9 Å². The second kappa shape index (κ2) is 4.40. The lowest BCUT2D eigenvalue weighted by Crippen LogP contribution is -2.42. The molecule has 2 rings (SSSR count). The van der Waals surface area contributed by atoms with Gasteiger partial charge in [0.2, 0.25) is 0 Å². The normalized spacial score (nSPS) is 18.0. The van der Waals surface area contributed by atoms with Crippen LogP contribution in [-0.2, 0) is 11.3 Å². The summed E-state index contributed by atoms with van der Waals surface area (Å²) in [7, 11) is 0. The van der Waals surface area contributed by atoms with Gasteiger partial charge in [0.05, 0.1) is 6.20 Å². The van der Waals surface area contributed by atoms with Crippen LogP contribution in [0, 0.1) is 0 Å². The van der Waals surface area contributed by atoms with Crippen LogP contribution in [-0.4, -0.2) is 49.0 Å². The molecule has 1 N–H and O–H groups in total. The van der Waals surface area contributed by atoms with E-state index >= 15 is 0 Å². The van der Waals surface area contributed by atoms with Gasteiger partial charge in [-0.1, -0.05) is 5.21 Å². The lowest BCUT2D eigenvalue weighted by atomic mass is 10.0. The molecule has 1 saturated heterocycles. The third-order valence-corrected chi connectivity index (χ3v) is 3.20. The van der Waals surface area contributed by atoms with Crippen LogP contribution < -0.4 is 0 Å².